The van der Waals surface area contributed by atoms with Crippen LogP contribution in [0, 0.1) is 0 Å². The Balaban J connectivity index is 1.51. The number of carbonyl (C=O) groups is 1. The van der Waals surface area contributed by atoms with Crippen LogP contribution in [0.15, 0.2) is 46.2 Å². The molecular weight excluding hydrogens is 445 g/mol. The van der Waals surface area contributed by atoms with Gasteiger partial charge < -0.3 is 14.6 Å². The summed E-state index contributed by atoms with van der Waals surface area (Å²) in [6, 6.07) is 8.71. The molecule has 1 atom stereocenters. The zero-order valence-corrected chi connectivity index (χ0v) is 18.7. The number of thioether (sulfide) groups is 1. The molecule has 0 radical (unpaired) electrons. The molecule has 4 rings (SSSR count). The second kappa shape index (κ2) is 9.32. The molecule has 1 aromatic carbocycles. The molecule has 0 saturated carbocycles. The first-order valence-corrected chi connectivity index (χ1v) is 11.3. The smallest absolute Gasteiger partial charge is 0.237 e. The number of rotatable bonds is 7. The van der Waals surface area contributed by atoms with Crippen molar-refractivity contribution in [2.24, 2.45) is 0 Å². The maximum Gasteiger partial charge on any atom is 0.237 e. The second-order valence-corrected chi connectivity index (χ2v) is 9.23. The van der Waals surface area contributed by atoms with E-state index in [2.05, 4.69) is 20.4 Å². The Morgan fingerprint density at radius 1 is 1.23 bits per heavy atom. The number of hydrogen-bond acceptors (Lipinski definition) is 6. The molecule has 0 bridgehead atoms. The van der Waals surface area contributed by atoms with Crippen molar-refractivity contribution >= 4 is 52.5 Å². The monoisotopic (exact) mass is 465 g/mol. The van der Waals surface area contributed by atoms with E-state index in [9.17, 15) is 4.79 Å². The molecule has 30 heavy (non-hydrogen) atoms. The Labute approximate surface area is 188 Å². The molecular formula is C20H21Cl2N5O2S. The number of halogens is 2. The van der Waals surface area contributed by atoms with Gasteiger partial charge >= 0.3 is 0 Å². The molecule has 0 aliphatic carbocycles. The predicted molar refractivity (Wildman–Crippen MR) is 120 cm³/mol. The summed E-state index contributed by atoms with van der Waals surface area (Å²) in [7, 11) is 0. The van der Waals surface area contributed by atoms with Crippen LogP contribution in [0.5, 0.6) is 0 Å². The molecule has 1 N–H and O–H groups in total. The lowest BCUT2D eigenvalue weighted by atomic mass is 10.3. The summed E-state index contributed by atoms with van der Waals surface area (Å²) < 4.78 is 7.53. The molecule has 1 fully saturated rings. The van der Waals surface area contributed by atoms with Crippen LogP contribution in [0.25, 0.3) is 0 Å². The SMILES string of the molecule is CC(Sc1nnc(N2CCCC2)n1Cc1ccco1)C(=O)Nc1cc(Cl)cc(Cl)c1. The zero-order chi connectivity index (χ0) is 21.1. The Kier molecular flexibility index (Phi) is 6.55. The van der Waals surface area contributed by atoms with Crippen LogP contribution in [0.2, 0.25) is 10.0 Å². The van der Waals surface area contributed by atoms with Crippen molar-refractivity contribution in [2.75, 3.05) is 23.3 Å². The number of amides is 1. The number of hydrogen-bond donors (Lipinski definition) is 1. The number of aromatic nitrogens is 3. The largest absolute Gasteiger partial charge is 0.467 e. The fourth-order valence-corrected chi connectivity index (χ4v) is 4.67. The number of carbonyl (C=O) groups excluding carboxylic acids is 1. The average molecular weight is 466 g/mol. The van der Waals surface area contributed by atoms with Crippen LogP contribution >= 0.6 is 35.0 Å². The van der Waals surface area contributed by atoms with E-state index in [0.29, 0.717) is 27.4 Å². The lowest BCUT2D eigenvalue weighted by Gasteiger charge is -2.18. The van der Waals surface area contributed by atoms with E-state index in [0.717, 1.165) is 37.6 Å². The predicted octanol–water partition coefficient (Wildman–Crippen LogP) is 4.95. The summed E-state index contributed by atoms with van der Waals surface area (Å²) in [5.41, 5.74) is 0.555. The minimum absolute atomic E-state index is 0.173. The van der Waals surface area contributed by atoms with E-state index in [-0.39, 0.29) is 5.91 Å². The van der Waals surface area contributed by atoms with Crippen LogP contribution in [-0.4, -0.2) is 39.0 Å². The van der Waals surface area contributed by atoms with E-state index < -0.39 is 5.25 Å². The van der Waals surface area contributed by atoms with Crippen molar-refractivity contribution < 1.29 is 9.21 Å². The average Bonchev–Trinajstić information content (AvgIpc) is 3.44. The van der Waals surface area contributed by atoms with Gasteiger partial charge in [0.05, 0.1) is 18.1 Å². The van der Waals surface area contributed by atoms with Crippen LogP contribution in [-0.2, 0) is 11.3 Å². The molecule has 1 aliphatic heterocycles. The lowest BCUT2D eigenvalue weighted by molar-refractivity contribution is -0.115. The number of benzene rings is 1. The summed E-state index contributed by atoms with van der Waals surface area (Å²) in [5, 5.41) is 12.8. The normalized spacial score (nSPS) is 14.8. The van der Waals surface area contributed by atoms with E-state index in [1.165, 1.54) is 11.8 Å². The van der Waals surface area contributed by atoms with Crippen molar-refractivity contribution in [1.29, 1.82) is 0 Å². The minimum atomic E-state index is -0.409. The highest BCUT2D eigenvalue weighted by molar-refractivity contribution is 8.00. The zero-order valence-electron chi connectivity index (χ0n) is 16.3. The summed E-state index contributed by atoms with van der Waals surface area (Å²) in [4.78, 5) is 14.9. The fraction of sp³-hybridized carbons (Fsp3) is 0.350. The third-order valence-corrected chi connectivity index (χ3v) is 6.28. The summed E-state index contributed by atoms with van der Waals surface area (Å²) in [6.45, 7) is 4.24. The molecule has 0 spiro atoms. The second-order valence-electron chi connectivity index (χ2n) is 7.05. The van der Waals surface area contributed by atoms with Crippen LogP contribution in [0.4, 0.5) is 11.6 Å². The summed E-state index contributed by atoms with van der Waals surface area (Å²) in [6.07, 6.45) is 3.92. The molecule has 1 unspecified atom stereocenters. The summed E-state index contributed by atoms with van der Waals surface area (Å²) in [5.74, 6) is 1.44. The number of anilines is 2. The van der Waals surface area contributed by atoms with Crippen molar-refractivity contribution in [2.45, 2.75) is 36.7 Å². The Bertz CT molecular complexity index is 998. The van der Waals surface area contributed by atoms with E-state index in [1.54, 1.807) is 24.5 Å². The molecule has 10 heteroatoms. The highest BCUT2D eigenvalue weighted by atomic mass is 35.5. The molecule has 2 aromatic heterocycles. The van der Waals surface area contributed by atoms with Crippen molar-refractivity contribution in [3.8, 4) is 0 Å². The van der Waals surface area contributed by atoms with Gasteiger partial charge in [0.15, 0.2) is 5.16 Å². The van der Waals surface area contributed by atoms with E-state index >= 15 is 0 Å². The lowest BCUT2D eigenvalue weighted by Crippen LogP contribution is -2.24. The maximum absolute atomic E-state index is 12.7. The van der Waals surface area contributed by atoms with Gasteiger partial charge in [-0.25, -0.2) is 0 Å². The summed E-state index contributed by atoms with van der Waals surface area (Å²) >= 11 is 13.4. The van der Waals surface area contributed by atoms with Gasteiger partial charge in [0, 0.05) is 28.8 Å². The highest BCUT2D eigenvalue weighted by Gasteiger charge is 2.25. The molecule has 3 heterocycles. The van der Waals surface area contributed by atoms with E-state index in [1.807, 2.05) is 23.6 Å². The number of nitrogens with zero attached hydrogens (tertiary/aromatic N) is 4. The van der Waals surface area contributed by atoms with Crippen molar-refractivity contribution in [3.63, 3.8) is 0 Å². The van der Waals surface area contributed by atoms with Crippen LogP contribution < -0.4 is 10.2 Å². The Morgan fingerprint density at radius 2 is 1.97 bits per heavy atom. The Morgan fingerprint density at radius 3 is 2.63 bits per heavy atom. The topological polar surface area (TPSA) is 76.2 Å². The molecule has 1 aliphatic rings. The van der Waals surface area contributed by atoms with Crippen LogP contribution in [0.1, 0.15) is 25.5 Å². The third kappa shape index (κ3) is 4.94. The molecule has 158 valence electrons. The van der Waals surface area contributed by atoms with Crippen molar-refractivity contribution in [3.05, 3.63) is 52.4 Å². The minimum Gasteiger partial charge on any atom is -0.467 e. The first kappa shape index (κ1) is 21.1. The molecule has 1 saturated heterocycles. The van der Waals surface area contributed by atoms with Crippen molar-refractivity contribution in [1.82, 2.24) is 14.8 Å². The number of nitrogens with one attached hydrogen (secondary N) is 1. The quantitative estimate of drug-likeness (QED) is 0.497. The maximum atomic E-state index is 12.7. The standard InChI is InChI=1S/C20H21Cl2N5O2S/c1-13(18(28)23-16-10-14(21)9-15(22)11-16)30-20-25-24-19(26-6-2-3-7-26)27(20)12-17-5-4-8-29-17/h4-5,8-11,13H,2-3,6-7,12H2,1H3,(H,23,28). The van der Waals surface area contributed by atoms with Gasteiger partial charge in [0.1, 0.15) is 5.76 Å². The van der Waals surface area contributed by atoms with Gasteiger partial charge in [0.2, 0.25) is 11.9 Å². The molecule has 1 amide bonds. The van der Waals surface area contributed by atoms with Gasteiger partial charge in [-0.2, -0.15) is 0 Å². The van der Waals surface area contributed by atoms with Gasteiger partial charge in [-0.1, -0.05) is 35.0 Å². The highest BCUT2D eigenvalue weighted by Crippen LogP contribution is 2.29. The van der Waals surface area contributed by atoms with E-state index in [4.69, 9.17) is 27.6 Å². The van der Waals surface area contributed by atoms with Gasteiger partial charge in [0.25, 0.3) is 0 Å². The molecule has 3 aromatic rings. The number of furan rings is 1. The first-order chi connectivity index (χ1) is 14.5. The van der Waals surface area contributed by atoms with Gasteiger partial charge in [-0.15, -0.1) is 10.2 Å². The molecule has 7 nitrogen and oxygen atoms in total. The van der Waals surface area contributed by atoms with Gasteiger partial charge in [-0.05, 0) is 50.1 Å². The Hall–Kier alpha value is -2.16. The van der Waals surface area contributed by atoms with Gasteiger partial charge in [-0.3, -0.25) is 9.36 Å². The first-order valence-electron chi connectivity index (χ1n) is 9.64. The van der Waals surface area contributed by atoms with Crippen LogP contribution in [0.3, 0.4) is 0 Å². The fourth-order valence-electron chi connectivity index (χ4n) is 3.30. The third-order valence-electron chi connectivity index (χ3n) is 4.76.